The Kier molecular flexibility index (Phi) is 5.26. The van der Waals surface area contributed by atoms with E-state index in [9.17, 15) is 10.1 Å². The normalized spacial score (nSPS) is 10.4. The number of nitrogens with one attached hydrogen (secondary N) is 1. The molecule has 0 heterocycles. The number of nitrogens with zero attached hydrogens (tertiary/aromatic N) is 1. The van der Waals surface area contributed by atoms with Crippen LogP contribution in [0.1, 0.15) is 11.1 Å². The second kappa shape index (κ2) is 7.16. The van der Waals surface area contributed by atoms with Crippen molar-refractivity contribution in [3.05, 3.63) is 68.2 Å². The van der Waals surface area contributed by atoms with Gasteiger partial charge in [0.2, 0.25) is 0 Å². The molecule has 2 rings (SSSR count). The molecule has 2 aromatic carbocycles. The van der Waals surface area contributed by atoms with Gasteiger partial charge in [-0.05, 0) is 29.3 Å². The number of hydrazine groups is 1. The number of halogens is 1. The monoisotopic (exact) mass is 351 g/mol. The molecule has 0 fully saturated rings. The number of nitrogens with two attached hydrogens (primary N) is 1. The molecule has 6 nitrogen and oxygen atoms in total. The Morgan fingerprint density at radius 3 is 2.67 bits per heavy atom. The van der Waals surface area contributed by atoms with Crippen LogP contribution in [0.3, 0.4) is 0 Å². The van der Waals surface area contributed by atoms with Crippen molar-refractivity contribution in [2.75, 3.05) is 5.43 Å². The van der Waals surface area contributed by atoms with E-state index in [1.54, 1.807) is 12.1 Å². The molecule has 0 aromatic heterocycles. The zero-order valence-corrected chi connectivity index (χ0v) is 12.7. The number of hydrogen-bond donors (Lipinski definition) is 2. The van der Waals surface area contributed by atoms with Gasteiger partial charge < -0.3 is 10.2 Å². The van der Waals surface area contributed by atoms with E-state index in [4.69, 9.17) is 10.6 Å². The van der Waals surface area contributed by atoms with Crippen LogP contribution in [0.5, 0.6) is 0 Å². The van der Waals surface area contributed by atoms with Crippen LogP contribution in [-0.2, 0) is 18.0 Å². The third kappa shape index (κ3) is 4.01. The van der Waals surface area contributed by atoms with Crippen LogP contribution in [0, 0.1) is 10.1 Å². The molecule has 0 aliphatic rings. The molecule has 0 atom stereocenters. The van der Waals surface area contributed by atoms with Gasteiger partial charge in [-0.3, -0.25) is 16.0 Å². The van der Waals surface area contributed by atoms with E-state index in [1.807, 2.05) is 24.3 Å². The Bertz CT molecular complexity index is 649. The summed E-state index contributed by atoms with van der Waals surface area (Å²) in [4.78, 5) is 10.3. The van der Waals surface area contributed by atoms with Gasteiger partial charge in [0.25, 0.3) is 5.69 Å². The highest BCUT2D eigenvalue weighted by Crippen LogP contribution is 2.25. The van der Waals surface area contributed by atoms with Crippen molar-refractivity contribution in [3.8, 4) is 0 Å². The van der Waals surface area contributed by atoms with Gasteiger partial charge in [0, 0.05) is 10.5 Å². The number of anilines is 1. The third-order valence-corrected chi connectivity index (χ3v) is 3.67. The molecule has 0 radical (unpaired) electrons. The summed E-state index contributed by atoms with van der Waals surface area (Å²) in [5.41, 5.74) is 4.38. The number of hydrogen-bond acceptors (Lipinski definition) is 5. The standard InChI is InChI=1S/C14H14BrN3O3/c15-12-4-2-1-3-11(12)9-21-8-10-5-6-14(18(19)20)13(7-10)17-16/h1-7,17H,8-9,16H2. The SMILES string of the molecule is NNc1cc(COCc2ccccc2Br)ccc1[N+](=O)[O-]. The predicted molar refractivity (Wildman–Crippen MR) is 83.5 cm³/mol. The van der Waals surface area contributed by atoms with Crippen LogP contribution >= 0.6 is 15.9 Å². The minimum absolute atomic E-state index is 0.0629. The van der Waals surface area contributed by atoms with Crippen molar-refractivity contribution in [1.29, 1.82) is 0 Å². The van der Waals surface area contributed by atoms with Crippen molar-refractivity contribution in [1.82, 2.24) is 0 Å². The summed E-state index contributed by atoms with van der Waals surface area (Å²) in [6, 6.07) is 12.5. The van der Waals surface area contributed by atoms with E-state index >= 15 is 0 Å². The van der Waals surface area contributed by atoms with Crippen LogP contribution in [0.15, 0.2) is 46.9 Å². The first kappa shape index (κ1) is 15.4. The highest BCUT2D eigenvalue weighted by molar-refractivity contribution is 9.10. The Morgan fingerprint density at radius 1 is 1.24 bits per heavy atom. The fraction of sp³-hybridized carbons (Fsp3) is 0.143. The molecule has 0 saturated carbocycles. The van der Waals surface area contributed by atoms with Gasteiger partial charge in [0.05, 0.1) is 18.1 Å². The maximum absolute atomic E-state index is 10.8. The first-order valence-corrected chi connectivity index (χ1v) is 6.96. The Morgan fingerprint density at radius 2 is 2.00 bits per heavy atom. The van der Waals surface area contributed by atoms with Crippen molar-refractivity contribution < 1.29 is 9.66 Å². The average Bonchev–Trinajstić information content (AvgIpc) is 2.48. The second-order valence-electron chi connectivity index (χ2n) is 4.34. The van der Waals surface area contributed by atoms with E-state index in [-0.39, 0.29) is 11.4 Å². The van der Waals surface area contributed by atoms with Crippen molar-refractivity contribution >= 4 is 27.3 Å². The molecule has 0 saturated heterocycles. The summed E-state index contributed by atoms with van der Waals surface area (Å²) >= 11 is 3.45. The molecule has 0 bridgehead atoms. The first-order valence-electron chi connectivity index (χ1n) is 6.17. The average molecular weight is 352 g/mol. The van der Waals surface area contributed by atoms with Crippen LogP contribution in [0.4, 0.5) is 11.4 Å². The fourth-order valence-corrected chi connectivity index (χ4v) is 2.24. The number of nitro groups is 1. The zero-order valence-electron chi connectivity index (χ0n) is 11.1. The third-order valence-electron chi connectivity index (χ3n) is 2.90. The molecular formula is C14H14BrN3O3. The van der Waals surface area contributed by atoms with E-state index in [0.717, 1.165) is 15.6 Å². The molecule has 2 aromatic rings. The highest BCUT2D eigenvalue weighted by atomic mass is 79.9. The molecule has 0 unspecified atom stereocenters. The van der Waals surface area contributed by atoms with E-state index in [2.05, 4.69) is 21.4 Å². The van der Waals surface area contributed by atoms with Gasteiger partial charge >= 0.3 is 0 Å². The molecule has 0 amide bonds. The number of ether oxygens (including phenoxy) is 1. The quantitative estimate of drug-likeness (QED) is 0.473. The lowest BCUT2D eigenvalue weighted by Crippen LogP contribution is -2.09. The topological polar surface area (TPSA) is 90.4 Å². The molecule has 3 N–H and O–H groups in total. The highest BCUT2D eigenvalue weighted by Gasteiger charge is 2.13. The molecule has 0 spiro atoms. The van der Waals surface area contributed by atoms with Crippen LogP contribution in [0.25, 0.3) is 0 Å². The zero-order chi connectivity index (χ0) is 15.2. The van der Waals surface area contributed by atoms with Crippen LogP contribution < -0.4 is 11.3 Å². The smallest absolute Gasteiger partial charge is 0.293 e. The largest absolute Gasteiger partial charge is 0.372 e. The Labute approximate surface area is 130 Å². The van der Waals surface area contributed by atoms with Crippen molar-refractivity contribution in [2.45, 2.75) is 13.2 Å². The number of rotatable bonds is 6. The number of benzene rings is 2. The lowest BCUT2D eigenvalue weighted by molar-refractivity contribution is -0.384. The van der Waals surface area contributed by atoms with Gasteiger partial charge in [0.15, 0.2) is 0 Å². The molecule has 21 heavy (non-hydrogen) atoms. The number of nitrogen functional groups attached to an aromatic ring is 1. The lowest BCUT2D eigenvalue weighted by Gasteiger charge is -2.08. The van der Waals surface area contributed by atoms with E-state index in [1.165, 1.54) is 6.07 Å². The maximum Gasteiger partial charge on any atom is 0.293 e. The summed E-state index contributed by atoms with van der Waals surface area (Å²) in [7, 11) is 0. The summed E-state index contributed by atoms with van der Waals surface area (Å²) in [5, 5.41) is 10.8. The summed E-state index contributed by atoms with van der Waals surface area (Å²) in [5.74, 6) is 5.30. The minimum Gasteiger partial charge on any atom is -0.372 e. The first-order chi connectivity index (χ1) is 10.1. The van der Waals surface area contributed by atoms with Crippen LogP contribution in [0.2, 0.25) is 0 Å². The van der Waals surface area contributed by atoms with Crippen molar-refractivity contribution in [3.63, 3.8) is 0 Å². The second-order valence-corrected chi connectivity index (χ2v) is 5.19. The maximum atomic E-state index is 10.8. The molecule has 110 valence electrons. The molecular weight excluding hydrogens is 338 g/mol. The van der Waals surface area contributed by atoms with Crippen molar-refractivity contribution in [2.24, 2.45) is 5.84 Å². The number of nitro benzene ring substituents is 1. The van der Waals surface area contributed by atoms with Gasteiger partial charge in [-0.2, -0.15) is 0 Å². The molecule has 7 heteroatoms. The predicted octanol–water partition coefficient (Wildman–Crippen LogP) is 3.36. The lowest BCUT2D eigenvalue weighted by atomic mass is 10.2. The summed E-state index contributed by atoms with van der Waals surface area (Å²) in [6.07, 6.45) is 0. The molecule has 0 aliphatic carbocycles. The van der Waals surface area contributed by atoms with Gasteiger partial charge in [-0.25, -0.2) is 0 Å². The van der Waals surface area contributed by atoms with E-state index < -0.39 is 4.92 Å². The Balaban J connectivity index is 2.01. The fourth-order valence-electron chi connectivity index (χ4n) is 1.84. The summed E-state index contributed by atoms with van der Waals surface area (Å²) < 4.78 is 6.60. The van der Waals surface area contributed by atoms with E-state index in [0.29, 0.717) is 13.2 Å². The summed E-state index contributed by atoms with van der Waals surface area (Å²) in [6.45, 7) is 0.789. The van der Waals surface area contributed by atoms with Gasteiger partial charge in [-0.15, -0.1) is 0 Å². The van der Waals surface area contributed by atoms with Gasteiger partial charge in [-0.1, -0.05) is 34.1 Å². The van der Waals surface area contributed by atoms with Crippen LogP contribution in [-0.4, -0.2) is 4.92 Å². The Hall–Kier alpha value is -1.96. The van der Waals surface area contributed by atoms with Gasteiger partial charge in [0.1, 0.15) is 5.69 Å². The minimum atomic E-state index is -0.485. The molecule has 0 aliphatic heterocycles.